The number of hydrogen-bond donors (Lipinski definition) is 1. The summed E-state index contributed by atoms with van der Waals surface area (Å²) in [6.45, 7) is 5.09. The minimum absolute atomic E-state index is 0.492. The van der Waals surface area contributed by atoms with Gasteiger partial charge in [0, 0.05) is 0 Å². The summed E-state index contributed by atoms with van der Waals surface area (Å²) in [6, 6.07) is 20.2. The molecule has 2 rings (SSSR count). The summed E-state index contributed by atoms with van der Waals surface area (Å²) < 4.78 is 12.4. The second-order valence-corrected chi connectivity index (χ2v) is 10.1. The average molecular weight is 319 g/mol. The van der Waals surface area contributed by atoms with Crippen LogP contribution in [0, 0.1) is 0 Å². The summed E-state index contributed by atoms with van der Waals surface area (Å²) in [5, 5.41) is 0. The maximum absolute atomic E-state index is 6.70. The number of nitrogens with two attached hydrogens (primary N) is 1. The van der Waals surface area contributed by atoms with Crippen LogP contribution in [0.5, 0.6) is 0 Å². The molecule has 0 amide bonds. The number of rotatable bonds is 8. The van der Waals surface area contributed by atoms with E-state index in [1.807, 2.05) is 60.7 Å². The van der Waals surface area contributed by atoms with Crippen LogP contribution in [0.4, 0.5) is 0 Å². The zero-order chi connectivity index (χ0) is 15.9. The second kappa shape index (κ2) is 7.34. The summed E-state index contributed by atoms with van der Waals surface area (Å²) >= 11 is 0. The van der Waals surface area contributed by atoms with E-state index in [4.69, 9.17) is 14.6 Å². The molecule has 0 radical (unpaired) electrons. The monoisotopic (exact) mass is 319 g/mol. The molecule has 0 aliphatic carbocycles. The Bertz CT molecular complexity index is 523. The molecule has 22 heavy (non-hydrogen) atoms. The molecule has 0 saturated heterocycles. The molecule has 0 fully saturated rings. The number of hydrogen-bond acceptors (Lipinski definition) is 3. The molecule has 4 heteroatoms. The predicted octanol–water partition coefficient (Wildman–Crippen LogP) is 4.72. The van der Waals surface area contributed by atoms with E-state index < -0.39 is 7.21 Å². The van der Waals surface area contributed by atoms with Crippen LogP contribution in [0.1, 0.15) is 25.0 Å². The fraction of sp³-hybridized carbons (Fsp3) is 0.333. The van der Waals surface area contributed by atoms with Crippen molar-refractivity contribution in [3.63, 3.8) is 0 Å². The van der Waals surface area contributed by atoms with Crippen molar-refractivity contribution in [2.24, 2.45) is 5.50 Å². The second-order valence-electron chi connectivity index (χ2n) is 5.54. The molecule has 0 heterocycles. The summed E-state index contributed by atoms with van der Waals surface area (Å²) in [5.74, 6) is 0. The summed E-state index contributed by atoms with van der Waals surface area (Å²) in [5.41, 5.74) is 8.94. The van der Waals surface area contributed by atoms with Gasteiger partial charge in [-0.05, 0) is 0 Å². The number of benzene rings is 2. The predicted molar refractivity (Wildman–Crippen MR) is 94.7 cm³/mol. The first kappa shape index (κ1) is 17.1. The standard InChI is InChI=1S/C18H26NO2P/c1-3-22(19,4-2,20-15-17-11-7-5-8-12-17)21-16-18-13-9-6-10-14-18/h5-14H,3-4,15-16,19H2,1-2H3. The van der Waals surface area contributed by atoms with Crippen LogP contribution in [0.3, 0.4) is 0 Å². The van der Waals surface area contributed by atoms with Gasteiger partial charge >= 0.3 is 133 Å². The molecule has 0 aliphatic heterocycles. The van der Waals surface area contributed by atoms with E-state index >= 15 is 0 Å². The maximum atomic E-state index is 6.70. The molecule has 0 aromatic heterocycles. The van der Waals surface area contributed by atoms with Crippen molar-refractivity contribution in [3.05, 3.63) is 71.8 Å². The summed E-state index contributed by atoms with van der Waals surface area (Å²) in [4.78, 5) is 0. The minimum atomic E-state index is -3.09. The van der Waals surface area contributed by atoms with E-state index in [0.29, 0.717) is 25.5 Å². The van der Waals surface area contributed by atoms with Gasteiger partial charge in [0.2, 0.25) is 0 Å². The molecule has 2 N–H and O–H groups in total. The van der Waals surface area contributed by atoms with Crippen LogP contribution in [-0.2, 0) is 22.3 Å². The Balaban J connectivity index is 2.07. The van der Waals surface area contributed by atoms with Gasteiger partial charge in [-0.15, -0.1) is 0 Å². The molecule has 0 spiro atoms. The van der Waals surface area contributed by atoms with Gasteiger partial charge in [0.1, 0.15) is 0 Å². The summed E-state index contributed by atoms with van der Waals surface area (Å²) in [7, 11) is -3.09. The molecule has 120 valence electrons. The first-order valence-electron chi connectivity index (χ1n) is 7.78. The molecule has 3 nitrogen and oxygen atoms in total. The van der Waals surface area contributed by atoms with Gasteiger partial charge in [-0.3, -0.25) is 0 Å². The molecule has 2 aromatic carbocycles. The normalized spacial score (nSPS) is 13.5. The molecular weight excluding hydrogens is 293 g/mol. The van der Waals surface area contributed by atoms with Crippen LogP contribution >= 0.6 is 7.21 Å². The van der Waals surface area contributed by atoms with E-state index in [2.05, 4.69) is 13.8 Å². The fourth-order valence-electron chi connectivity index (χ4n) is 2.23. The zero-order valence-electron chi connectivity index (χ0n) is 13.4. The molecule has 0 atom stereocenters. The molecule has 0 aliphatic rings. The molecule has 0 saturated carbocycles. The van der Waals surface area contributed by atoms with Crippen LogP contribution in [0.15, 0.2) is 60.7 Å². The topological polar surface area (TPSA) is 44.5 Å². The van der Waals surface area contributed by atoms with Crippen molar-refractivity contribution >= 4 is 7.21 Å². The van der Waals surface area contributed by atoms with Crippen LogP contribution in [-0.4, -0.2) is 12.3 Å². The summed E-state index contributed by atoms with van der Waals surface area (Å²) in [6.07, 6.45) is 1.42. The van der Waals surface area contributed by atoms with Gasteiger partial charge in [0.15, 0.2) is 0 Å². The molecule has 0 unspecified atom stereocenters. The van der Waals surface area contributed by atoms with Crippen molar-refractivity contribution in [1.82, 2.24) is 0 Å². The molecule has 0 bridgehead atoms. The molecular formula is C18H26NO2P. The Morgan fingerprint density at radius 1 is 0.727 bits per heavy atom. The molecule has 2 aromatic rings. The van der Waals surface area contributed by atoms with Gasteiger partial charge < -0.3 is 0 Å². The van der Waals surface area contributed by atoms with Crippen molar-refractivity contribution in [1.29, 1.82) is 0 Å². The van der Waals surface area contributed by atoms with Crippen LogP contribution in [0.2, 0.25) is 0 Å². The third kappa shape index (κ3) is 4.37. The van der Waals surface area contributed by atoms with E-state index in [-0.39, 0.29) is 0 Å². The Kier molecular flexibility index (Phi) is 5.71. The first-order chi connectivity index (χ1) is 10.6. The fourth-order valence-corrected chi connectivity index (χ4v) is 4.40. The average Bonchev–Trinajstić information content (AvgIpc) is 2.61. The van der Waals surface area contributed by atoms with Crippen molar-refractivity contribution < 1.29 is 9.05 Å². The third-order valence-electron chi connectivity index (χ3n) is 4.10. The first-order valence-corrected chi connectivity index (χ1v) is 10.3. The van der Waals surface area contributed by atoms with E-state index in [0.717, 1.165) is 11.1 Å². The van der Waals surface area contributed by atoms with Crippen LogP contribution < -0.4 is 5.50 Å². The SMILES string of the molecule is CCP(N)(CC)(OCc1ccccc1)OCc1ccccc1. The Morgan fingerprint density at radius 2 is 1.09 bits per heavy atom. The van der Waals surface area contributed by atoms with Gasteiger partial charge in [0.05, 0.1) is 0 Å². The van der Waals surface area contributed by atoms with Crippen molar-refractivity contribution in [2.45, 2.75) is 27.1 Å². The van der Waals surface area contributed by atoms with Crippen molar-refractivity contribution in [2.75, 3.05) is 12.3 Å². The van der Waals surface area contributed by atoms with E-state index in [1.54, 1.807) is 0 Å². The Labute approximate surface area is 133 Å². The van der Waals surface area contributed by atoms with Gasteiger partial charge in [0.25, 0.3) is 0 Å². The van der Waals surface area contributed by atoms with Gasteiger partial charge in [-0.1, -0.05) is 0 Å². The Morgan fingerprint density at radius 3 is 1.41 bits per heavy atom. The van der Waals surface area contributed by atoms with E-state index in [9.17, 15) is 0 Å². The quantitative estimate of drug-likeness (QED) is 0.716. The van der Waals surface area contributed by atoms with Crippen molar-refractivity contribution in [3.8, 4) is 0 Å². The van der Waals surface area contributed by atoms with Crippen LogP contribution in [0.25, 0.3) is 0 Å². The van der Waals surface area contributed by atoms with Gasteiger partial charge in [-0.2, -0.15) is 0 Å². The van der Waals surface area contributed by atoms with E-state index in [1.165, 1.54) is 0 Å². The Hall–Kier alpha value is -1.25. The third-order valence-corrected chi connectivity index (χ3v) is 8.25. The van der Waals surface area contributed by atoms with Gasteiger partial charge in [-0.25, -0.2) is 0 Å². The zero-order valence-corrected chi connectivity index (χ0v) is 14.3.